The molecule has 3 heterocycles. The van der Waals surface area contributed by atoms with E-state index in [1.807, 2.05) is 4.72 Å². The lowest BCUT2D eigenvalue weighted by Crippen LogP contribution is -2.16. The molecular weight excluding hydrogens is 533 g/mol. The maximum Gasteiger partial charge on any atom is 0.267 e. The van der Waals surface area contributed by atoms with Gasteiger partial charge in [-0.1, -0.05) is 17.7 Å². The number of rotatable bonds is 6. The molecule has 14 heteroatoms. The monoisotopic (exact) mass is 548 g/mol. The Morgan fingerprint density at radius 3 is 2.59 bits per heavy atom. The number of sulfonamides is 1. The van der Waals surface area contributed by atoms with E-state index in [4.69, 9.17) is 16.3 Å². The van der Waals surface area contributed by atoms with E-state index in [0.29, 0.717) is 22.6 Å². The normalized spacial score (nSPS) is 11.7. The van der Waals surface area contributed by atoms with Gasteiger partial charge in [-0.15, -0.1) is 0 Å². The number of benzene rings is 2. The van der Waals surface area contributed by atoms with Crippen molar-refractivity contribution >= 4 is 38.2 Å². The van der Waals surface area contributed by atoms with Gasteiger partial charge < -0.3 is 9.72 Å². The summed E-state index contributed by atoms with van der Waals surface area (Å²) < 4.78 is 79.0. The molecule has 0 aliphatic heterocycles. The molecule has 0 unspecified atom stereocenters. The highest BCUT2D eigenvalue weighted by molar-refractivity contribution is 7.92. The van der Waals surface area contributed by atoms with Gasteiger partial charge in [0.25, 0.3) is 10.0 Å². The van der Waals surface area contributed by atoms with Gasteiger partial charge in [-0.05, 0) is 31.2 Å². The maximum absolute atomic E-state index is 15.6. The Morgan fingerprint density at radius 2 is 1.89 bits per heavy atom. The molecule has 0 amide bonds. The third-order valence-electron chi connectivity index (χ3n) is 5.57. The number of methoxy groups -OCH3 is 1. The molecule has 190 valence electrons. The molecule has 5 rings (SSSR count). The fourth-order valence-corrected chi connectivity index (χ4v) is 5.19. The van der Waals surface area contributed by atoms with E-state index in [9.17, 15) is 12.8 Å². The Balaban J connectivity index is 1.60. The van der Waals surface area contributed by atoms with Crippen molar-refractivity contribution < 1.29 is 26.3 Å². The second-order valence-corrected chi connectivity index (χ2v) is 9.87. The number of imidazole rings is 1. The fraction of sp³-hybridized carbons (Fsp3) is 0.0870. The first-order chi connectivity index (χ1) is 17.6. The first kappa shape index (κ1) is 24.6. The number of hydrogen-bond acceptors (Lipinski definition) is 6. The van der Waals surface area contributed by atoms with Crippen molar-refractivity contribution in [2.24, 2.45) is 0 Å². The van der Waals surface area contributed by atoms with Gasteiger partial charge in [0.2, 0.25) is 5.88 Å². The number of nitrogens with one attached hydrogen (secondary N) is 3. The highest BCUT2D eigenvalue weighted by Crippen LogP contribution is 2.37. The molecule has 3 aromatic heterocycles. The molecule has 0 fully saturated rings. The largest absolute Gasteiger partial charge is 0.480 e. The SMILES string of the molecule is COc1nc(C)c(Cl)cc1S(=O)(=O)Nc1ccc(F)c(-c2ccc3c(-c4ncc[nH]4)n[nH]c3c2F)c1F. The van der Waals surface area contributed by atoms with Crippen molar-refractivity contribution in [3.8, 4) is 28.5 Å². The van der Waals surface area contributed by atoms with Crippen molar-refractivity contribution in [3.63, 3.8) is 0 Å². The number of aromatic nitrogens is 5. The molecule has 0 saturated carbocycles. The molecule has 0 aliphatic carbocycles. The van der Waals surface area contributed by atoms with Crippen molar-refractivity contribution in [1.82, 2.24) is 25.1 Å². The Hall–Kier alpha value is -4.10. The zero-order valence-electron chi connectivity index (χ0n) is 19.0. The van der Waals surface area contributed by atoms with E-state index < -0.39 is 49.2 Å². The number of fused-ring (bicyclic) bond motifs is 1. The van der Waals surface area contributed by atoms with Crippen LogP contribution < -0.4 is 9.46 Å². The van der Waals surface area contributed by atoms with Gasteiger partial charge in [0.05, 0.1) is 29.1 Å². The van der Waals surface area contributed by atoms with Crippen LogP contribution in [0.2, 0.25) is 5.02 Å². The number of aromatic amines is 2. The van der Waals surface area contributed by atoms with Crippen LogP contribution >= 0.6 is 11.6 Å². The number of aryl methyl sites for hydroxylation is 1. The predicted octanol–water partition coefficient (Wildman–Crippen LogP) is 5.20. The van der Waals surface area contributed by atoms with Gasteiger partial charge >= 0.3 is 0 Å². The molecule has 0 radical (unpaired) electrons. The number of pyridine rings is 1. The number of halogens is 4. The third kappa shape index (κ3) is 4.15. The summed E-state index contributed by atoms with van der Waals surface area (Å²) in [5, 5.41) is 6.91. The molecule has 37 heavy (non-hydrogen) atoms. The highest BCUT2D eigenvalue weighted by Gasteiger charge is 2.27. The molecular formula is C23H16ClF3N6O3S. The fourth-order valence-electron chi connectivity index (χ4n) is 3.78. The number of anilines is 1. The van der Waals surface area contributed by atoms with Crippen LogP contribution in [0.15, 0.2) is 47.6 Å². The zero-order valence-corrected chi connectivity index (χ0v) is 20.6. The minimum Gasteiger partial charge on any atom is -0.480 e. The van der Waals surface area contributed by atoms with Crippen LogP contribution in [0.3, 0.4) is 0 Å². The lowest BCUT2D eigenvalue weighted by molar-refractivity contribution is 0.384. The first-order valence-corrected chi connectivity index (χ1v) is 12.4. The Kier molecular flexibility index (Phi) is 6.04. The molecule has 0 saturated heterocycles. The van der Waals surface area contributed by atoms with E-state index in [2.05, 4.69) is 25.1 Å². The molecule has 2 aromatic carbocycles. The summed E-state index contributed by atoms with van der Waals surface area (Å²) in [6.45, 7) is 1.54. The van der Waals surface area contributed by atoms with Gasteiger partial charge in [-0.2, -0.15) is 5.10 Å². The summed E-state index contributed by atoms with van der Waals surface area (Å²) in [5.41, 5.74) is -1.34. The number of ether oxygens (including phenoxy) is 1. The molecule has 9 nitrogen and oxygen atoms in total. The van der Waals surface area contributed by atoms with Crippen LogP contribution in [0.5, 0.6) is 5.88 Å². The maximum atomic E-state index is 15.6. The van der Waals surface area contributed by atoms with Crippen LogP contribution in [0, 0.1) is 24.4 Å². The van der Waals surface area contributed by atoms with Gasteiger partial charge in [-0.25, -0.2) is 31.6 Å². The molecule has 3 N–H and O–H groups in total. The summed E-state index contributed by atoms with van der Waals surface area (Å²) >= 11 is 6.02. The minimum atomic E-state index is -4.50. The summed E-state index contributed by atoms with van der Waals surface area (Å²) in [6, 6.07) is 5.39. The molecule has 0 bridgehead atoms. The van der Waals surface area contributed by atoms with Gasteiger partial charge in [-0.3, -0.25) is 9.82 Å². The summed E-state index contributed by atoms with van der Waals surface area (Å²) in [6.07, 6.45) is 3.06. The zero-order chi connectivity index (χ0) is 26.5. The number of H-pyrrole nitrogens is 2. The van der Waals surface area contributed by atoms with Crippen LogP contribution in [-0.4, -0.2) is 40.7 Å². The second-order valence-electron chi connectivity index (χ2n) is 7.81. The first-order valence-electron chi connectivity index (χ1n) is 10.5. The predicted molar refractivity (Wildman–Crippen MR) is 130 cm³/mol. The van der Waals surface area contributed by atoms with Crippen LogP contribution in [0.4, 0.5) is 18.9 Å². The minimum absolute atomic E-state index is 0.0327. The summed E-state index contributed by atoms with van der Waals surface area (Å²) in [7, 11) is -3.30. The number of nitrogens with zero attached hydrogens (tertiary/aromatic N) is 3. The Labute approximate surface area is 212 Å². The van der Waals surface area contributed by atoms with Crippen molar-refractivity contribution in [3.05, 3.63) is 70.9 Å². The molecule has 0 atom stereocenters. The van der Waals surface area contributed by atoms with Gasteiger partial charge in [0.15, 0.2) is 22.4 Å². The van der Waals surface area contributed by atoms with E-state index in [0.717, 1.165) is 18.2 Å². The number of hydrogen-bond donors (Lipinski definition) is 3. The van der Waals surface area contributed by atoms with Crippen molar-refractivity contribution in [2.45, 2.75) is 11.8 Å². The van der Waals surface area contributed by atoms with E-state index >= 15 is 8.78 Å². The average Bonchev–Trinajstić information content (AvgIpc) is 3.54. The second kappa shape index (κ2) is 9.09. The molecule has 5 aromatic rings. The van der Waals surface area contributed by atoms with E-state index in [1.54, 1.807) is 13.1 Å². The summed E-state index contributed by atoms with van der Waals surface area (Å²) in [4.78, 5) is 10.4. The average molecular weight is 549 g/mol. The van der Waals surface area contributed by atoms with Gasteiger partial charge in [0.1, 0.15) is 17.0 Å². The quantitative estimate of drug-likeness (QED) is 0.268. The van der Waals surface area contributed by atoms with Crippen LogP contribution in [0.1, 0.15) is 5.69 Å². The van der Waals surface area contributed by atoms with Crippen molar-refractivity contribution in [2.75, 3.05) is 11.8 Å². The van der Waals surface area contributed by atoms with Crippen LogP contribution in [-0.2, 0) is 10.0 Å². The van der Waals surface area contributed by atoms with Crippen LogP contribution in [0.25, 0.3) is 33.5 Å². The lowest BCUT2D eigenvalue weighted by atomic mass is 10.0. The van der Waals surface area contributed by atoms with E-state index in [-0.39, 0.29) is 16.4 Å². The Morgan fingerprint density at radius 1 is 1.11 bits per heavy atom. The Bertz CT molecular complexity index is 1770. The topological polar surface area (TPSA) is 126 Å². The lowest BCUT2D eigenvalue weighted by Gasteiger charge is -2.15. The smallest absolute Gasteiger partial charge is 0.267 e. The molecule has 0 spiro atoms. The standard InChI is InChI=1S/C23H16ClF3N6O3S/c1-10-13(24)9-16(23(30-10)36-2)37(34,35)33-15-6-5-14(25)17(19(15)27)11-3-4-12-20(18(11)26)31-32-21(12)22-28-7-8-29-22/h3-9,33H,1-2H3,(H,28,29)(H,31,32). The third-order valence-corrected chi connectivity index (χ3v) is 7.31. The summed E-state index contributed by atoms with van der Waals surface area (Å²) in [5.74, 6) is -3.34. The van der Waals surface area contributed by atoms with Crippen molar-refractivity contribution in [1.29, 1.82) is 0 Å². The highest BCUT2D eigenvalue weighted by atomic mass is 35.5. The molecule has 0 aliphatic rings. The van der Waals surface area contributed by atoms with Gasteiger partial charge in [0, 0.05) is 23.3 Å². The van der Waals surface area contributed by atoms with E-state index in [1.165, 1.54) is 25.4 Å².